The zero-order valence-electron chi connectivity index (χ0n) is 10.5. The number of nitrogens with two attached hydrogens (primary N) is 1. The van der Waals surface area contributed by atoms with E-state index in [-0.39, 0.29) is 12.1 Å². The molecule has 3 unspecified atom stereocenters. The lowest BCUT2D eigenvalue weighted by Crippen LogP contribution is -2.58. The van der Waals surface area contributed by atoms with E-state index in [4.69, 9.17) is 15.6 Å². The van der Waals surface area contributed by atoms with Crippen molar-refractivity contribution in [2.24, 2.45) is 11.7 Å². The zero-order chi connectivity index (χ0) is 12.0. The lowest BCUT2D eigenvalue weighted by Gasteiger charge is -2.38. The molecule has 3 atom stereocenters. The molecule has 1 rings (SSSR count). The van der Waals surface area contributed by atoms with Gasteiger partial charge in [0, 0.05) is 37.3 Å². The lowest BCUT2D eigenvalue weighted by molar-refractivity contribution is 0.142. The number of nitrogens with one attached hydrogen (secondary N) is 1. The highest BCUT2D eigenvalue weighted by Crippen LogP contribution is 2.26. The Morgan fingerprint density at radius 2 is 2.38 bits per heavy atom. The summed E-state index contributed by atoms with van der Waals surface area (Å²) in [4.78, 5) is 0. The first-order chi connectivity index (χ1) is 7.66. The van der Waals surface area contributed by atoms with Gasteiger partial charge in [-0.05, 0) is 26.2 Å². The topological polar surface area (TPSA) is 67.5 Å². The van der Waals surface area contributed by atoms with Gasteiger partial charge in [-0.15, -0.1) is 0 Å². The van der Waals surface area contributed by atoms with Crippen LogP contribution in [0, 0.1) is 5.92 Å². The maximum atomic E-state index is 9.01. The summed E-state index contributed by atoms with van der Waals surface area (Å²) in [6, 6.07) is 0.346. The van der Waals surface area contributed by atoms with E-state index >= 15 is 0 Å². The maximum absolute atomic E-state index is 9.01. The number of ether oxygens (including phenoxy) is 1. The molecule has 4 heteroatoms. The molecule has 1 fully saturated rings. The predicted molar refractivity (Wildman–Crippen MR) is 65.3 cm³/mol. The molecule has 0 aromatic rings. The number of aliphatic hydroxyl groups excluding tert-OH is 1. The number of rotatable bonds is 7. The maximum Gasteiger partial charge on any atom is 0.0513 e. The van der Waals surface area contributed by atoms with Gasteiger partial charge in [0.1, 0.15) is 0 Å². The summed E-state index contributed by atoms with van der Waals surface area (Å²) in [6.45, 7) is 6.80. The molecule has 96 valence electrons. The summed E-state index contributed by atoms with van der Waals surface area (Å²) in [6.07, 6.45) is 2.89. The number of hydrogen-bond acceptors (Lipinski definition) is 4. The standard InChI is InChI=1S/C12H26N2O2/c1-3-11(4-6-15)14-12(2,9-13)10-5-7-16-8-10/h10-11,14-15H,3-9,13H2,1-2H3. The Labute approximate surface area is 98.5 Å². The van der Waals surface area contributed by atoms with Crippen molar-refractivity contribution in [3.63, 3.8) is 0 Å². The second-order valence-electron chi connectivity index (χ2n) is 4.94. The van der Waals surface area contributed by atoms with Crippen molar-refractivity contribution < 1.29 is 9.84 Å². The van der Waals surface area contributed by atoms with Gasteiger partial charge in [-0.2, -0.15) is 0 Å². The van der Waals surface area contributed by atoms with Crippen LogP contribution in [0.3, 0.4) is 0 Å². The van der Waals surface area contributed by atoms with Gasteiger partial charge in [0.05, 0.1) is 6.61 Å². The molecule has 1 saturated heterocycles. The lowest BCUT2D eigenvalue weighted by atomic mass is 9.84. The van der Waals surface area contributed by atoms with Crippen molar-refractivity contribution in [3.8, 4) is 0 Å². The molecule has 1 heterocycles. The highest BCUT2D eigenvalue weighted by Gasteiger charge is 2.36. The van der Waals surface area contributed by atoms with E-state index < -0.39 is 0 Å². The van der Waals surface area contributed by atoms with Crippen molar-refractivity contribution in [3.05, 3.63) is 0 Å². The van der Waals surface area contributed by atoms with E-state index in [9.17, 15) is 0 Å². The molecule has 4 nitrogen and oxygen atoms in total. The van der Waals surface area contributed by atoms with Gasteiger partial charge in [0.15, 0.2) is 0 Å². The highest BCUT2D eigenvalue weighted by atomic mass is 16.5. The summed E-state index contributed by atoms with van der Waals surface area (Å²) >= 11 is 0. The molecule has 0 radical (unpaired) electrons. The molecule has 1 aliphatic heterocycles. The number of hydrogen-bond donors (Lipinski definition) is 3. The van der Waals surface area contributed by atoms with Crippen LogP contribution < -0.4 is 11.1 Å². The zero-order valence-corrected chi connectivity index (χ0v) is 10.5. The van der Waals surface area contributed by atoms with Crippen LogP contribution in [0.4, 0.5) is 0 Å². The van der Waals surface area contributed by atoms with Crippen molar-refractivity contribution in [1.29, 1.82) is 0 Å². The Bertz CT molecular complexity index is 195. The SMILES string of the molecule is CCC(CCO)NC(C)(CN)C1CCOC1. The van der Waals surface area contributed by atoms with Crippen LogP contribution in [0.5, 0.6) is 0 Å². The Morgan fingerprint density at radius 1 is 1.62 bits per heavy atom. The van der Waals surface area contributed by atoms with Gasteiger partial charge in [-0.25, -0.2) is 0 Å². The fourth-order valence-electron chi connectivity index (χ4n) is 2.38. The molecule has 0 amide bonds. The van der Waals surface area contributed by atoms with Crippen LogP contribution in [-0.2, 0) is 4.74 Å². The second-order valence-corrected chi connectivity index (χ2v) is 4.94. The Morgan fingerprint density at radius 3 is 2.81 bits per heavy atom. The molecule has 0 spiro atoms. The molecule has 0 aromatic carbocycles. The van der Waals surface area contributed by atoms with Gasteiger partial charge in [0.2, 0.25) is 0 Å². The van der Waals surface area contributed by atoms with Crippen molar-refractivity contribution >= 4 is 0 Å². The first kappa shape index (κ1) is 13.9. The van der Waals surface area contributed by atoms with E-state index in [0.717, 1.165) is 32.5 Å². The molecular weight excluding hydrogens is 204 g/mol. The first-order valence-electron chi connectivity index (χ1n) is 6.32. The van der Waals surface area contributed by atoms with E-state index in [1.807, 2.05) is 0 Å². The van der Waals surface area contributed by atoms with Gasteiger partial charge in [-0.1, -0.05) is 6.92 Å². The summed E-state index contributed by atoms with van der Waals surface area (Å²) in [5, 5.41) is 12.6. The van der Waals surface area contributed by atoms with Gasteiger partial charge in [0.25, 0.3) is 0 Å². The molecule has 4 N–H and O–H groups in total. The van der Waals surface area contributed by atoms with E-state index in [0.29, 0.717) is 18.5 Å². The normalized spacial score (nSPS) is 26.6. The van der Waals surface area contributed by atoms with Crippen molar-refractivity contribution in [1.82, 2.24) is 5.32 Å². The highest BCUT2D eigenvalue weighted by molar-refractivity contribution is 4.95. The van der Waals surface area contributed by atoms with Gasteiger partial charge in [-0.3, -0.25) is 0 Å². The molecule has 0 aromatic heterocycles. The molecule has 0 aliphatic carbocycles. The van der Waals surface area contributed by atoms with Crippen LogP contribution >= 0.6 is 0 Å². The Hall–Kier alpha value is -0.160. The van der Waals surface area contributed by atoms with Crippen LogP contribution in [0.1, 0.15) is 33.1 Å². The van der Waals surface area contributed by atoms with Crippen LogP contribution in [-0.4, -0.2) is 43.1 Å². The Balaban J connectivity index is 2.56. The molecular formula is C12H26N2O2. The van der Waals surface area contributed by atoms with Crippen LogP contribution in [0.15, 0.2) is 0 Å². The Kier molecular flexibility index (Phi) is 5.69. The molecule has 0 saturated carbocycles. The summed E-state index contributed by atoms with van der Waals surface area (Å²) in [5.41, 5.74) is 5.84. The predicted octanol–water partition coefficient (Wildman–Crippen LogP) is 0.491. The minimum absolute atomic E-state index is 0.0631. The van der Waals surface area contributed by atoms with Gasteiger partial charge < -0.3 is 20.9 Å². The summed E-state index contributed by atoms with van der Waals surface area (Å²) in [7, 11) is 0. The molecule has 0 bridgehead atoms. The third-order valence-corrected chi connectivity index (χ3v) is 3.76. The third-order valence-electron chi connectivity index (χ3n) is 3.76. The quantitative estimate of drug-likeness (QED) is 0.595. The fourth-order valence-corrected chi connectivity index (χ4v) is 2.38. The third kappa shape index (κ3) is 3.42. The smallest absolute Gasteiger partial charge is 0.0513 e. The molecule has 1 aliphatic rings. The fraction of sp³-hybridized carbons (Fsp3) is 1.00. The monoisotopic (exact) mass is 230 g/mol. The largest absolute Gasteiger partial charge is 0.396 e. The van der Waals surface area contributed by atoms with Gasteiger partial charge >= 0.3 is 0 Å². The van der Waals surface area contributed by atoms with E-state index in [2.05, 4.69) is 19.2 Å². The van der Waals surface area contributed by atoms with E-state index in [1.54, 1.807) is 0 Å². The average Bonchev–Trinajstić information content (AvgIpc) is 2.82. The summed E-state index contributed by atoms with van der Waals surface area (Å²) in [5.74, 6) is 0.491. The van der Waals surface area contributed by atoms with E-state index in [1.165, 1.54) is 0 Å². The summed E-state index contributed by atoms with van der Waals surface area (Å²) < 4.78 is 5.44. The minimum Gasteiger partial charge on any atom is -0.396 e. The van der Waals surface area contributed by atoms with Crippen molar-refractivity contribution in [2.45, 2.75) is 44.7 Å². The molecule has 16 heavy (non-hydrogen) atoms. The average molecular weight is 230 g/mol. The van der Waals surface area contributed by atoms with Crippen LogP contribution in [0.25, 0.3) is 0 Å². The minimum atomic E-state index is -0.0631. The first-order valence-corrected chi connectivity index (χ1v) is 6.32. The van der Waals surface area contributed by atoms with Crippen LogP contribution in [0.2, 0.25) is 0 Å². The van der Waals surface area contributed by atoms with Crippen molar-refractivity contribution in [2.75, 3.05) is 26.4 Å². The second kappa shape index (κ2) is 6.55. The number of aliphatic hydroxyl groups is 1.